The first-order valence-electron chi connectivity index (χ1n) is 4.87. The van der Waals surface area contributed by atoms with Crippen LogP contribution in [0.3, 0.4) is 0 Å². The molecule has 2 N–H and O–H groups in total. The largest absolute Gasteiger partial charge is 0.463 e. The molecule has 1 amide bonds. The van der Waals surface area contributed by atoms with Gasteiger partial charge >= 0.3 is 6.09 Å². The molecule has 0 aromatic carbocycles. The number of anilines is 1. The van der Waals surface area contributed by atoms with Gasteiger partial charge in [-0.1, -0.05) is 0 Å². The van der Waals surface area contributed by atoms with E-state index >= 15 is 0 Å². The van der Waals surface area contributed by atoms with E-state index in [1.165, 1.54) is 12.4 Å². The second-order valence-corrected chi connectivity index (χ2v) is 3.45. The summed E-state index contributed by atoms with van der Waals surface area (Å²) >= 11 is 0. The van der Waals surface area contributed by atoms with Crippen molar-refractivity contribution >= 4 is 17.7 Å². The Morgan fingerprint density at radius 3 is 3.00 bits per heavy atom. The molecule has 0 saturated carbocycles. The number of rotatable bonds is 2. The highest BCUT2D eigenvalue weighted by Gasteiger charge is 2.23. The van der Waals surface area contributed by atoms with Crippen molar-refractivity contribution in [2.24, 2.45) is 0 Å². The first kappa shape index (κ1) is 10.6. The van der Waals surface area contributed by atoms with Gasteiger partial charge in [-0.25, -0.2) is 4.79 Å². The van der Waals surface area contributed by atoms with Crippen molar-refractivity contribution in [1.29, 1.82) is 0 Å². The maximum atomic E-state index is 11.6. The Kier molecular flexibility index (Phi) is 2.86. The number of hydrogen-bond acceptors (Lipinski definition) is 4. The molecule has 2 rings (SSSR count). The fraction of sp³-hybridized carbons (Fsp3) is 0.444. The number of hydrogen-bond donors (Lipinski definition) is 2. The molecule has 7 heteroatoms. The average Bonchev–Trinajstić information content (AvgIpc) is 2.87. The third-order valence-electron chi connectivity index (χ3n) is 2.27. The predicted octanol–water partition coefficient (Wildman–Crippen LogP) is 0.527. The zero-order valence-electron chi connectivity index (χ0n) is 8.42. The fourth-order valence-electron chi connectivity index (χ4n) is 1.50. The fourth-order valence-corrected chi connectivity index (χ4v) is 1.50. The van der Waals surface area contributed by atoms with E-state index in [0.717, 1.165) is 11.1 Å². The van der Waals surface area contributed by atoms with Gasteiger partial charge in [0.2, 0.25) is 0 Å². The number of carbonyl (C=O) groups excluding carboxylic acids is 1. The van der Waals surface area contributed by atoms with Crippen molar-refractivity contribution < 1.29 is 19.4 Å². The SMILES string of the molecule is O=C(Nc1cnn(C(=O)O)c1)[C@@H]1CCCO1. The molecule has 1 fully saturated rings. The molecule has 1 aliphatic heterocycles. The first-order chi connectivity index (χ1) is 7.66. The molecule has 16 heavy (non-hydrogen) atoms. The monoisotopic (exact) mass is 225 g/mol. The van der Waals surface area contributed by atoms with Crippen molar-refractivity contribution in [3.05, 3.63) is 12.4 Å². The van der Waals surface area contributed by atoms with Crippen LogP contribution < -0.4 is 5.32 Å². The van der Waals surface area contributed by atoms with Crippen molar-refractivity contribution in [3.8, 4) is 0 Å². The summed E-state index contributed by atoms with van der Waals surface area (Å²) in [6.07, 6.45) is 2.44. The smallest absolute Gasteiger partial charge is 0.432 e. The number of nitrogens with zero attached hydrogens (tertiary/aromatic N) is 2. The lowest BCUT2D eigenvalue weighted by Gasteiger charge is -2.07. The zero-order chi connectivity index (χ0) is 11.5. The minimum Gasteiger partial charge on any atom is -0.463 e. The third kappa shape index (κ3) is 2.19. The van der Waals surface area contributed by atoms with Gasteiger partial charge in [0, 0.05) is 6.61 Å². The van der Waals surface area contributed by atoms with Gasteiger partial charge < -0.3 is 15.2 Å². The Balaban J connectivity index is 1.97. The summed E-state index contributed by atoms with van der Waals surface area (Å²) in [5, 5.41) is 14.7. The summed E-state index contributed by atoms with van der Waals surface area (Å²) in [6, 6.07) is 0. The highest BCUT2D eigenvalue weighted by molar-refractivity contribution is 5.94. The summed E-state index contributed by atoms with van der Waals surface area (Å²) in [5.41, 5.74) is 0.350. The lowest BCUT2D eigenvalue weighted by molar-refractivity contribution is -0.124. The van der Waals surface area contributed by atoms with Crippen LogP contribution in [-0.2, 0) is 9.53 Å². The molecule has 1 atom stereocenters. The highest BCUT2D eigenvalue weighted by atomic mass is 16.5. The van der Waals surface area contributed by atoms with E-state index < -0.39 is 12.2 Å². The molecular weight excluding hydrogens is 214 g/mol. The van der Waals surface area contributed by atoms with Crippen molar-refractivity contribution in [3.63, 3.8) is 0 Å². The number of carbonyl (C=O) groups is 2. The first-order valence-corrected chi connectivity index (χ1v) is 4.87. The van der Waals surface area contributed by atoms with Gasteiger partial charge in [0.05, 0.1) is 18.1 Å². The third-order valence-corrected chi connectivity index (χ3v) is 2.27. The van der Waals surface area contributed by atoms with E-state index in [4.69, 9.17) is 9.84 Å². The minimum atomic E-state index is -1.20. The molecule has 1 saturated heterocycles. The molecule has 86 valence electrons. The van der Waals surface area contributed by atoms with Gasteiger partial charge in [-0.05, 0) is 12.8 Å². The van der Waals surface area contributed by atoms with Gasteiger partial charge in [0.25, 0.3) is 5.91 Å². The van der Waals surface area contributed by atoms with Crippen molar-refractivity contribution in [2.75, 3.05) is 11.9 Å². The summed E-state index contributed by atoms with van der Waals surface area (Å²) in [7, 11) is 0. The Morgan fingerprint density at radius 2 is 2.44 bits per heavy atom. The van der Waals surface area contributed by atoms with Crippen LogP contribution in [0, 0.1) is 0 Å². The summed E-state index contributed by atoms with van der Waals surface area (Å²) in [4.78, 5) is 22.1. The summed E-state index contributed by atoms with van der Waals surface area (Å²) in [5.74, 6) is -0.262. The molecule has 0 aliphatic carbocycles. The molecule has 1 aliphatic rings. The minimum absolute atomic E-state index is 0.262. The second-order valence-electron chi connectivity index (χ2n) is 3.45. The molecule has 0 radical (unpaired) electrons. The predicted molar refractivity (Wildman–Crippen MR) is 53.3 cm³/mol. The van der Waals surface area contributed by atoms with Gasteiger partial charge in [-0.2, -0.15) is 9.78 Å². The molecule has 1 aromatic heterocycles. The van der Waals surface area contributed by atoms with E-state index in [0.29, 0.717) is 18.7 Å². The van der Waals surface area contributed by atoms with Crippen LogP contribution in [-0.4, -0.2) is 39.6 Å². The van der Waals surface area contributed by atoms with E-state index in [1.807, 2.05) is 0 Å². The number of ether oxygens (including phenoxy) is 1. The van der Waals surface area contributed by atoms with Gasteiger partial charge in [-0.15, -0.1) is 0 Å². The van der Waals surface area contributed by atoms with Gasteiger partial charge in [0.1, 0.15) is 6.10 Å². The Bertz CT molecular complexity index is 409. The lowest BCUT2D eigenvalue weighted by Crippen LogP contribution is -2.26. The Hall–Kier alpha value is -1.89. The molecule has 0 spiro atoms. The second kappa shape index (κ2) is 4.31. The van der Waals surface area contributed by atoms with Crippen LogP contribution in [0.5, 0.6) is 0 Å². The Morgan fingerprint density at radius 1 is 1.62 bits per heavy atom. The molecule has 2 heterocycles. The van der Waals surface area contributed by atoms with Crippen LogP contribution in [0.25, 0.3) is 0 Å². The maximum Gasteiger partial charge on any atom is 0.432 e. The van der Waals surface area contributed by atoms with E-state index in [9.17, 15) is 9.59 Å². The maximum absolute atomic E-state index is 11.6. The zero-order valence-corrected chi connectivity index (χ0v) is 8.42. The molecule has 1 aromatic rings. The van der Waals surface area contributed by atoms with Crippen LogP contribution in [0.15, 0.2) is 12.4 Å². The van der Waals surface area contributed by atoms with E-state index in [-0.39, 0.29) is 5.91 Å². The van der Waals surface area contributed by atoms with Gasteiger partial charge in [-0.3, -0.25) is 4.79 Å². The quantitative estimate of drug-likeness (QED) is 0.765. The lowest BCUT2D eigenvalue weighted by atomic mass is 10.2. The molecule has 7 nitrogen and oxygen atoms in total. The number of nitrogens with one attached hydrogen (secondary N) is 1. The number of amides is 1. The molecular formula is C9H11N3O4. The Labute approximate surface area is 91.0 Å². The summed E-state index contributed by atoms with van der Waals surface area (Å²) in [6.45, 7) is 0.590. The van der Waals surface area contributed by atoms with E-state index in [1.54, 1.807) is 0 Å². The van der Waals surface area contributed by atoms with Crippen LogP contribution in [0.1, 0.15) is 12.8 Å². The normalized spacial score (nSPS) is 19.6. The summed E-state index contributed by atoms with van der Waals surface area (Å²) < 4.78 is 5.91. The molecule has 0 unspecified atom stereocenters. The van der Waals surface area contributed by atoms with E-state index in [2.05, 4.69) is 10.4 Å². The average molecular weight is 225 g/mol. The topological polar surface area (TPSA) is 93.5 Å². The van der Waals surface area contributed by atoms with Crippen molar-refractivity contribution in [1.82, 2.24) is 9.78 Å². The van der Waals surface area contributed by atoms with Crippen molar-refractivity contribution in [2.45, 2.75) is 18.9 Å². The standard InChI is InChI=1S/C9H11N3O4/c13-8(7-2-1-3-16-7)11-6-4-10-12(5-6)9(14)15/h4-5,7H,1-3H2,(H,11,13)(H,14,15)/t7-/m0/s1. The highest BCUT2D eigenvalue weighted by Crippen LogP contribution is 2.14. The van der Waals surface area contributed by atoms with Crippen LogP contribution in [0.2, 0.25) is 0 Å². The number of aromatic nitrogens is 2. The van der Waals surface area contributed by atoms with Gasteiger partial charge in [0.15, 0.2) is 0 Å². The van der Waals surface area contributed by atoms with Crippen LogP contribution >= 0.6 is 0 Å². The van der Waals surface area contributed by atoms with Crippen LogP contribution in [0.4, 0.5) is 10.5 Å². The molecule has 0 bridgehead atoms. The number of carboxylic acid groups (broad SMARTS) is 1.